The molecule has 0 bridgehead atoms. The predicted octanol–water partition coefficient (Wildman–Crippen LogP) is -0.558. The quantitative estimate of drug-likeness (QED) is 0.677. The number of carbonyl (C=O) groups is 1. The summed E-state index contributed by atoms with van der Waals surface area (Å²) in [5.74, 6) is -0.435. The van der Waals surface area contributed by atoms with Crippen LogP contribution in [0.5, 0.6) is 0 Å². The molecule has 1 rings (SSSR count). The lowest BCUT2D eigenvalue weighted by molar-refractivity contribution is -0.142. The first-order valence-corrected chi connectivity index (χ1v) is 5.42. The fourth-order valence-corrected chi connectivity index (χ4v) is 2.16. The Morgan fingerprint density at radius 1 is 1.93 bits per heavy atom. The highest BCUT2D eigenvalue weighted by Gasteiger charge is 2.22. The number of esters is 1. The number of ether oxygens (including phenoxy) is 1. The van der Waals surface area contributed by atoms with E-state index in [1.165, 1.54) is 7.11 Å². The minimum Gasteiger partial charge on any atom is -0.468 e. The Morgan fingerprint density at radius 3 is 3.13 bits per heavy atom. The Kier molecular flexibility index (Phi) is 4.72. The van der Waals surface area contributed by atoms with Crippen LogP contribution >= 0.6 is 15.9 Å². The molecule has 86 valence electrons. The molecule has 1 heterocycles. The summed E-state index contributed by atoms with van der Waals surface area (Å²) >= 11 is 3.32. The van der Waals surface area contributed by atoms with E-state index in [0.29, 0.717) is 19.6 Å². The molecule has 3 N–H and O–H groups in total. The van der Waals surface area contributed by atoms with Crippen LogP contribution < -0.4 is 5.73 Å². The van der Waals surface area contributed by atoms with Crippen LogP contribution in [0.4, 0.5) is 0 Å². The Labute approximate surface area is 97.0 Å². The zero-order chi connectivity index (χ0) is 11.4. The van der Waals surface area contributed by atoms with Crippen molar-refractivity contribution in [2.24, 2.45) is 5.73 Å². The first kappa shape index (κ1) is 12.6. The number of rotatable bonds is 3. The van der Waals surface area contributed by atoms with Gasteiger partial charge >= 0.3 is 5.97 Å². The first-order valence-electron chi connectivity index (χ1n) is 4.63. The maximum Gasteiger partial charge on any atom is 0.323 e. The smallest absolute Gasteiger partial charge is 0.323 e. The number of aliphatic hydroxyl groups is 1. The van der Waals surface area contributed by atoms with Crippen LogP contribution in [0.3, 0.4) is 0 Å². The van der Waals surface area contributed by atoms with E-state index < -0.39 is 18.1 Å². The third-order valence-electron chi connectivity index (χ3n) is 2.15. The van der Waals surface area contributed by atoms with Gasteiger partial charge in [-0.15, -0.1) is 0 Å². The van der Waals surface area contributed by atoms with E-state index in [-0.39, 0.29) is 0 Å². The number of hydrogen-bond acceptors (Lipinski definition) is 5. The van der Waals surface area contributed by atoms with Crippen molar-refractivity contribution >= 4 is 21.9 Å². The van der Waals surface area contributed by atoms with E-state index in [2.05, 4.69) is 20.7 Å². The van der Waals surface area contributed by atoms with E-state index in [1.807, 2.05) is 4.90 Å². The zero-order valence-electron chi connectivity index (χ0n) is 8.52. The van der Waals surface area contributed by atoms with Crippen molar-refractivity contribution < 1.29 is 14.6 Å². The van der Waals surface area contributed by atoms with Crippen LogP contribution in [0.15, 0.2) is 10.6 Å². The molecule has 2 atom stereocenters. The topological polar surface area (TPSA) is 75.8 Å². The monoisotopic (exact) mass is 278 g/mol. The fraction of sp³-hybridized carbons (Fsp3) is 0.667. The number of nitrogens with two attached hydrogens (primary N) is 1. The van der Waals surface area contributed by atoms with Crippen LogP contribution in [0, 0.1) is 0 Å². The summed E-state index contributed by atoms with van der Waals surface area (Å²) in [5, 5.41) is 9.45. The Morgan fingerprint density at radius 2 is 2.60 bits per heavy atom. The number of hydrogen-bond donors (Lipinski definition) is 2. The Balaban J connectivity index is 2.46. The second-order valence-corrected chi connectivity index (χ2v) is 4.52. The molecule has 0 aromatic carbocycles. The molecule has 1 aliphatic heterocycles. The van der Waals surface area contributed by atoms with Gasteiger partial charge < -0.3 is 15.6 Å². The number of carbonyl (C=O) groups excluding carboxylic acids is 1. The van der Waals surface area contributed by atoms with Crippen molar-refractivity contribution in [1.82, 2.24) is 4.90 Å². The summed E-state index contributed by atoms with van der Waals surface area (Å²) in [6.07, 6.45) is 1.22. The van der Waals surface area contributed by atoms with Crippen molar-refractivity contribution in [3.8, 4) is 0 Å². The average Bonchev–Trinajstić information content (AvgIpc) is 2.14. The second-order valence-electron chi connectivity index (χ2n) is 3.50. The molecule has 0 saturated carbocycles. The molecule has 0 aromatic rings. The molecular weight excluding hydrogens is 264 g/mol. The molecule has 0 aromatic heterocycles. The van der Waals surface area contributed by atoms with E-state index in [9.17, 15) is 9.90 Å². The average molecular weight is 279 g/mol. The SMILES string of the molecule is COC(=O)[C@@H](N)CN1CC(Br)=CC(O)C1. The molecule has 0 spiro atoms. The van der Waals surface area contributed by atoms with Crippen molar-refractivity contribution in [3.05, 3.63) is 10.6 Å². The number of methoxy groups -OCH3 is 1. The van der Waals surface area contributed by atoms with Gasteiger partial charge in [0.05, 0.1) is 13.2 Å². The van der Waals surface area contributed by atoms with Gasteiger partial charge in [-0.25, -0.2) is 0 Å². The molecule has 6 heteroatoms. The number of aliphatic hydroxyl groups excluding tert-OH is 1. The van der Waals surface area contributed by atoms with Gasteiger partial charge in [-0.3, -0.25) is 9.69 Å². The van der Waals surface area contributed by atoms with Crippen LogP contribution in [-0.2, 0) is 9.53 Å². The second kappa shape index (κ2) is 5.60. The highest BCUT2D eigenvalue weighted by Crippen LogP contribution is 2.15. The lowest BCUT2D eigenvalue weighted by Crippen LogP contribution is -2.47. The summed E-state index contributed by atoms with van der Waals surface area (Å²) in [6.45, 7) is 1.52. The third kappa shape index (κ3) is 3.90. The Bertz CT molecular complexity index is 270. The molecule has 15 heavy (non-hydrogen) atoms. The number of nitrogens with zero attached hydrogens (tertiary/aromatic N) is 1. The molecule has 1 unspecified atom stereocenters. The summed E-state index contributed by atoms with van der Waals surface area (Å²) in [4.78, 5) is 13.0. The van der Waals surface area contributed by atoms with Crippen LogP contribution in [0.2, 0.25) is 0 Å². The van der Waals surface area contributed by atoms with Crippen LogP contribution in [0.25, 0.3) is 0 Å². The zero-order valence-corrected chi connectivity index (χ0v) is 10.1. The molecular formula is C9H15BrN2O3. The first-order chi connectivity index (χ1) is 7.02. The minimum absolute atomic E-state index is 0.382. The molecule has 0 fully saturated rings. The highest BCUT2D eigenvalue weighted by molar-refractivity contribution is 9.11. The van der Waals surface area contributed by atoms with Gasteiger partial charge in [0.25, 0.3) is 0 Å². The molecule has 1 aliphatic rings. The number of β-amino-alcohol motifs (C(OH)–C–C–N with tert-alkyl or cyclic N) is 1. The van der Waals surface area contributed by atoms with Crippen LogP contribution in [0.1, 0.15) is 0 Å². The van der Waals surface area contributed by atoms with E-state index in [4.69, 9.17) is 5.73 Å². The van der Waals surface area contributed by atoms with Crippen molar-refractivity contribution in [3.63, 3.8) is 0 Å². The summed E-state index contributed by atoms with van der Waals surface area (Å²) in [7, 11) is 1.31. The van der Waals surface area contributed by atoms with Crippen LogP contribution in [-0.4, -0.2) is 54.9 Å². The molecule has 5 nitrogen and oxygen atoms in total. The largest absolute Gasteiger partial charge is 0.468 e. The molecule has 0 amide bonds. The number of halogens is 1. The molecule has 0 radical (unpaired) electrons. The fourth-order valence-electron chi connectivity index (χ4n) is 1.50. The van der Waals surface area contributed by atoms with Gasteiger partial charge in [0.1, 0.15) is 6.04 Å². The van der Waals surface area contributed by atoms with Crippen molar-refractivity contribution in [2.45, 2.75) is 12.1 Å². The van der Waals surface area contributed by atoms with Gasteiger partial charge in [-0.1, -0.05) is 15.9 Å². The maximum absolute atomic E-state index is 11.1. The lowest BCUT2D eigenvalue weighted by atomic mass is 10.2. The lowest BCUT2D eigenvalue weighted by Gasteiger charge is -2.29. The normalized spacial score (nSPS) is 24.5. The summed E-state index contributed by atoms with van der Waals surface area (Å²) in [6, 6.07) is -0.666. The summed E-state index contributed by atoms with van der Waals surface area (Å²) < 4.78 is 5.43. The van der Waals surface area contributed by atoms with Crippen molar-refractivity contribution in [1.29, 1.82) is 0 Å². The molecule has 0 saturated heterocycles. The minimum atomic E-state index is -0.666. The van der Waals surface area contributed by atoms with Gasteiger partial charge in [-0.05, 0) is 6.08 Å². The third-order valence-corrected chi connectivity index (χ3v) is 2.67. The maximum atomic E-state index is 11.1. The molecule has 0 aliphatic carbocycles. The van der Waals surface area contributed by atoms with E-state index in [0.717, 1.165) is 4.48 Å². The highest BCUT2D eigenvalue weighted by atomic mass is 79.9. The van der Waals surface area contributed by atoms with Gasteiger partial charge in [0.2, 0.25) is 0 Å². The van der Waals surface area contributed by atoms with Crippen molar-refractivity contribution in [2.75, 3.05) is 26.7 Å². The summed E-state index contributed by atoms with van der Waals surface area (Å²) in [5.41, 5.74) is 5.62. The Hall–Kier alpha value is -0.430. The predicted molar refractivity (Wildman–Crippen MR) is 59.4 cm³/mol. The van der Waals surface area contributed by atoms with Gasteiger partial charge in [0.15, 0.2) is 0 Å². The van der Waals surface area contributed by atoms with Gasteiger partial charge in [0, 0.05) is 24.1 Å². The standard InChI is InChI=1S/C9H15BrN2O3/c1-15-9(14)8(11)5-12-3-6(10)2-7(13)4-12/h2,7-8,13H,3-5,11H2,1H3/t7?,8-/m0/s1. The van der Waals surface area contributed by atoms with Gasteiger partial charge in [-0.2, -0.15) is 0 Å². The van der Waals surface area contributed by atoms with E-state index >= 15 is 0 Å². The van der Waals surface area contributed by atoms with E-state index in [1.54, 1.807) is 6.08 Å².